The third kappa shape index (κ3) is 4.73. The number of hydrogen-bond donors (Lipinski definition) is 1. The Morgan fingerprint density at radius 1 is 1.31 bits per heavy atom. The van der Waals surface area contributed by atoms with E-state index in [1.54, 1.807) is 11.8 Å². The minimum Gasteiger partial charge on any atom is -0.450 e. The van der Waals surface area contributed by atoms with Gasteiger partial charge >= 0.3 is 6.09 Å². The summed E-state index contributed by atoms with van der Waals surface area (Å²) >= 11 is 3.69. The van der Waals surface area contributed by atoms with E-state index in [1.165, 1.54) is 14.9 Å². The van der Waals surface area contributed by atoms with Crippen LogP contribution >= 0.6 is 33.9 Å². The standard InChI is InChI=1S/C18H20IN3O3S/c1-2-25-18(24)22-9-7-13(8-10-22)16(23)21-17-20-15(11-26-17)12-3-5-14(19)6-4-12/h3-6,11,13H,2,7-10H2,1H3,(H,20,21,23). The van der Waals surface area contributed by atoms with Crippen LogP contribution in [0.2, 0.25) is 0 Å². The lowest BCUT2D eigenvalue weighted by Crippen LogP contribution is -2.41. The van der Waals surface area contributed by atoms with Gasteiger partial charge in [0, 0.05) is 33.5 Å². The van der Waals surface area contributed by atoms with Gasteiger partial charge in [0.15, 0.2) is 5.13 Å². The van der Waals surface area contributed by atoms with Crippen molar-refractivity contribution < 1.29 is 14.3 Å². The molecule has 0 bridgehead atoms. The Balaban J connectivity index is 1.54. The number of hydrogen-bond acceptors (Lipinski definition) is 5. The van der Waals surface area contributed by atoms with Crippen molar-refractivity contribution in [3.63, 3.8) is 0 Å². The molecule has 2 amide bonds. The highest BCUT2D eigenvalue weighted by Gasteiger charge is 2.28. The minimum absolute atomic E-state index is 0.0305. The number of anilines is 1. The summed E-state index contributed by atoms with van der Waals surface area (Å²) in [6.45, 7) is 3.24. The number of rotatable bonds is 4. The van der Waals surface area contributed by atoms with E-state index in [1.807, 2.05) is 29.6 Å². The first-order valence-electron chi connectivity index (χ1n) is 8.51. The summed E-state index contributed by atoms with van der Waals surface area (Å²) in [4.78, 5) is 30.4. The van der Waals surface area contributed by atoms with Gasteiger partial charge < -0.3 is 15.0 Å². The fourth-order valence-corrected chi connectivity index (χ4v) is 3.91. The highest BCUT2D eigenvalue weighted by Crippen LogP contribution is 2.27. The van der Waals surface area contributed by atoms with Gasteiger partial charge in [-0.15, -0.1) is 11.3 Å². The zero-order valence-electron chi connectivity index (χ0n) is 14.4. The molecule has 26 heavy (non-hydrogen) atoms. The van der Waals surface area contributed by atoms with Gasteiger partial charge in [-0.2, -0.15) is 0 Å². The second-order valence-electron chi connectivity index (χ2n) is 5.99. The number of nitrogens with one attached hydrogen (secondary N) is 1. The van der Waals surface area contributed by atoms with E-state index in [4.69, 9.17) is 4.74 Å². The van der Waals surface area contributed by atoms with Crippen molar-refractivity contribution in [2.24, 2.45) is 5.92 Å². The van der Waals surface area contributed by atoms with Crippen molar-refractivity contribution in [1.82, 2.24) is 9.88 Å². The monoisotopic (exact) mass is 485 g/mol. The minimum atomic E-state index is -0.298. The van der Waals surface area contributed by atoms with Gasteiger partial charge in [-0.3, -0.25) is 4.79 Å². The predicted molar refractivity (Wildman–Crippen MR) is 110 cm³/mol. The molecular weight excluding hydrogens is 465 g/mol. The first-order valence-corrected chi connectivity index (χ1v) is 10.5. The van der Waals surface area contributed by atoms with E-state index in [2.05, 4.69) is 32.9 Å². The number of carbonyl (C=O) groups excluding carboxylic acids is 2. The van der Waals surface area contributed by atoms with Crippen LogP contribution in [0.1, 0.15) is 19.8 Å². The number of nitrogens with zero attached hydrogens (tertiary/aromatic N) is 2. The number of likely N-dealkylation sites (tertiary alicyclic amines) is 1. The molecule has 2 heterocycles. The summed E-state index contributed by atoms with van der Waals surface area (Å²) in [7, 11) is 0. The number of piperidine rings is 1. The van der Waals surface area contributed by atoms with E-state index in [0.717, 1.165) is 11.3 Å². The second-order valence-corrected chi connectivity index (χ2v) is 8.10. The molecule has 0 radical (unpaired) electrons. The smallest absolute Gasteiger partial charge is 0.409 e. The molecule has 1 saturated heterocycles. The molecule has 1 aliphatic rings. The van der Waals surface area contributed by atoms with E-state index in [-0.39, 0.29) is 17.9 Å². The molecule has 6 nitrogen and oxygen atoms in total. The number of aromatic nitrogens is 1. The van der Waals surface area contributed by atoms with Crippen LogP contribution in [-0.2, 0) is 9.53 Å². The largest absolute Gasteiger partial charge is 0.450 e. The second kappa shape index (κ2) is 8.81. The van der Waals surface area contributed by atoms with Crippen LogP contribution < -0.4 is 5.32 Å². The zero-order chi connectivity index (χ0) is 18.5. The number of benzene rings is 1. The summed E-state index contributed by atoms with van der Waals surface area (Å²) < 4.78 is 6.17. The maximum absolute atomic E-state index is 12.5. The third-order valence-electron chi connectivity index (χ3n) is 4.27. The molecule has 1 N–H and O–H groups in total. The molecule has 138 valence electrons. The molecule has 1 aliphatic heterocycles. The highest BCUT2D eigenvalue weighted by atomic mass is 127. The molecule has 0 spiro atoms. The van der Waals surface area contributed by atoms with Gasteiger partial charge in [0.05, 0.1) is 12.3 Å². The molecule has 0 aliphatic carbocycles. The molecule has 3 rings (SSSR count). The summed E-state index contributed by atoms with van der Waals surface area (Å²) in [5.41, 5.74) is 1.89. The van der Waals surface area contributed by atoms with Gasteiger partial charge in [0.25, 0.3) is 0 Å². The van der Waals surface area contributed by atoms with E-state index >= 15 is 0 Å². The maximum atomic E-state index is 12.5. The number of thiazole rings is 1. The van der Waals surface area contributed by atoms with Crippen LogP contribution in [0, 0.1) is 9.49 Å². The Morgan fingerprint density at radius 2 is 2.00 bits per heavy atom. The van der Waals surface area contributed by atoms with Crippen LogP contribution in [0.15, 0.2) is 29.6 Å². The number of halogens is 1. The lowest BCUT2D eigenvalue weighted by atomic mass is 9.96. The Hall–Kier alpha value is -1.68. The Bertz CT molecular complexity index is 770. The molecule has 1 aromatic heterocycles. The van der Waals surface area contributed by atoms with Crippen LogP contribution in [0.5, 0.6) is 0 Å². The van der Waals surface area contributed by atoms with Crippen LogP contribution in [-0.4, -0.2) is 41.6 Å². The first-order chi connectivity index (χ1) is 12.6. The highest BCUT2D eigenvalue weighted by molar-refractivity contribution is 14.1. The Morgan fingerprint density at radius 3 is 2.65 bits per heavy atom. The van der Waals surface area contributed by atoms with E-state index in [0.29, 0.717) is 37.7 Å². The van der Waals surface area contributed by atoms with Crippen molar-refractivity contribution in [1.29, 1.82) is 0 Å². The van der Waals surface area contributed by atoms with Gasteiger partial charge in [-0.25, -0.2) is 9.78 Å². The van der Waals surface area contributed by atoms with Crippen LogP contribution in [0.3, 0.4) is 0 Å². The normalized spacial score (nSPS) is 14.9. The molecule has 1 fully saturated rings. The summed E-state index contributed by atoms with van der Waals surface area (Å²) in [6, 6.07) is 8.11. The fourth-order valence-electron chi connectivity index (χ4n) is 2.83. The van der Waals surface area contributed by atoms with Crippen molar-refractivity contribution in [3.05, 3.63) is 33.2 Å². The Labute approximate surface area is 170 Å². The zero-order valence-corrected chi connectivity index (χ0v) is 17.4. The molecule has 0 saturated carbocycles. The lowest BCUT2D eigenvalue weighted by Gasteiger charge is -2.30. The average molecular weight is 485 g/mol. The van der Waals surface area contributed by atoms with Gasteiger partial charge in [0.2, 0.25) is 5.91 Å². The van der Waals surface area contributed by atoms with E-state index in [9.17, 15) is 9.59 Å². The van der Waals surface area contributed by atoms with Gasteiger partial charge in [0.1, 0.15) is 0 Å². The predicted octanol–water partition coefficient (Wildman–Crippen LogP) is 4.22. The fraction of sp³-hybridized carbons (Fsp3) is 0.389. The number of amides is 2. The summed E-state index contributed by atoms with van der Waals surface area (Å²) in [6.07, 6.45) is 0.980. The Kier molecular flexibility index (Phi) is 6.47. The molecule has 8 heteroatoms. The van der Waals surface area contributed by atoms with Crippen LogP contribution in [0.25, 0.3) is 11.3 Å². The SMILES string of the molecule is CCOC(=O)N1CCC(C(=O)Nc2nc(-c3ccc(I)cc3)cs2)CC1. The molecule has 1 aromatic carbocycles. The van der Waals surface area contributed by atoms with E-state index < -0.39 is 0 Å². The number of carbonyl (C=O) groups is 2. The third-order valence-corrected chi connectivity index (χ3v) is 5.74. The first kappa shape index (κ1) is 19.1. The number of ether oxygens (including phenoxy) is 1. The quantitative estimate of drug-likeness (QED) is 0.659. The maximum Gasteiger partial charge on any atom is 0.409 e. The van der Waals surface area contributed by atoms with Gasteiger partial charge in [-0.1, -0.05) is 12.1 Å². The summed E-state index contributed by atoms with van der Waals surface area (Å²) in [5, 5.41) is 5.47. The topological polar surface area (TPSA) is 71.5 Å². The molecule has 0 atom stereocenters. The van der Waals surface area contributed by atoms with Crippen molar-refractivity contribution in [2.45, 2.75) is 19.8 Å². The van der Waals surface area contributed by atoms with Crippen molar-refractivity contribution in [3.8, 4) is 11.3 Å². The lowest BCUT2D eigenvalue weighted by molar-refractivity contribution is -0.121. The van der Waals surface area contributed by atoms with Crippen molar-refractivity contribution >= 4 is 51.1 Å². The van der Waals surface area contributed by atoms with Crippen LogP contribution in [0.4, 0.5) is 9.93 Å². The molecule has 2 aromatic rings. The molecule has 0 unspecified atom stereocenters. The summed E-state index contributed by atoms with van der Waals surface area (Å²) in [5.74, 6) is -0.136. The van der Waals surface area contributed by atoms with Gasteiger partial charge in [-0.05, 0) is 54.5 Å². The molecular formula is C18H20IN3O3S. The average Bonchev–Trinajstić information content (AvgIpc) is 3.11. The van der Waals surface area contributed by atoms with Crippen molar-refractivity contribution in [2.75, 3.05) is 25.0 Å².